The number of allylic oxidation sites excluding steroid dienone is 3. The van der Waals surface area contributed by atoms with E-state index in [1.54, 1.807) is 49.1 Å². The van der Waals surface area contributed by atoms with E-state index in [1.165, 1.54) is 42.0 Å². The topological polar surface area (TPSA) is 111 Å². The minimum Gasteiger partial charge on any atom is -0.380 e. The molecule has 9 nitrogen and oxygen atoms in total. The summed E-state index contributed by atoms with van der Waals surface area (Å²) in [6.07, 6.45) is 9.07. The van der Waals surface area contributed by atoms with E-state index in [9.17, 15) is 54.5 Å². The van der Waals surface area contributed by atoms with Crippen molar-refractivity contribution >= 4 is 24.5 Å². The van der Waals surface area contributed by atoms with Crippen LogP contribution in [0.5, 0.6) is 0 Å². The summed E-state index contributed by atoms with van der Waals surface area (Å²) in [5.41, 5.74) is 3.26. The Bertz CT molecular complexity index is 3190. The maximum Gasteiger partial charge on any atom is 0.417 e. The maximum absolute atomic E-state index is 13.6. The molecular weight excluding hydrogens is 1040 g/mol. The fourth-order valence-corrected chi connectivity index (χ4v) is 13.8. The number of hydrogen-bond donors (Lipinski definition) is 2. The minimum atomic E-state index is -4.70. The molecule has 6 aromatic rings. The fraction of sp³-hybridized carbons (Fsp3) is 0.443. The minimum absolute atomic E-state index is 0.0762. The van der Waals surface area contributed by atoms with Gasteiger partial charge in [0.05, 0.1) is 53.1 Å². The van der Waals surface area contributed by atoms with Crippen LogP contribution in [0.25, 0.3) is 52.0 Å². The molecule has 418 valence electrons. The van der Waals surface area contributed by atoms with Gasteiger partial charge in [0.2, 0.25) is 0 Å². The molecule has 3 saturated carbocycles. The molecule has 12 rings (SSSR count). The predicted molar refractivity (Wildman–Crippen MR) is 283 cm³/mol. The molecule has 0 amide bonds. The largest absolute Gasteiger partial charge is 0.417 e. The van der Waals surface area contributed by atoms with Gasteiger partial charge in [0.25, 0.3) is 0 Å². The quantitative estimate of drug-likeness (QED) is 0.127. The molecule has 3 aromatic carbocycles. The van der Waals surface area contributed by atoms with Crippen molar-refractivity contribution in [3.05, 3.63) is 143 Å². The van der Waals surface area contributed by atoms with Gasteiger partial charge in [0.1, 0.15) is 23.7 Å². The Morgan fingerprint density at radius 1 is 0.494 bits per heavy atom. The lowest BCUT2D eigenvalue weighted by Crippen LogP contribution is -2.57. The van der Waals surface area contributed by atoms with Crippen LogP contribution in [0.4, 0.5) is 39.5 Å². The van der Waals surface area contributed by atoms with Crippen molar-refractivity contribution in [1.82, 2.24) is 28.7 Å². The van der Waals surface area contributed by atoms with Crippen LogP contribution < -0.4 is 0 Å². The first-order valence-electron chi connectivity index (χ1n) is 26.8. The molecule has 6 aliphatic rings. The Labute approximate surface area is 452 Å². The van der Waals surface area contributed by atoms with Crippen LogP contribution >= 0.6 is 0 Å². The summed E-state index contributed by atoms with van der Waals surface area (Å²) in [4.78, 5) is 24.9. The highest BCUT2D eigenvalue weighted by molar-refractivity contribution is 5.75. The van der Waals surface area contributed by atoms with Gasteiger partial charge >= 0.3 is 12.4 Å². The number of aromatic nitrogens is 6. The molecule has 18 heteroatoms. The molecule has 2 N–H and O–H groups in total. The number of hydrogen-bond acceptors (Lipinski definition) is 6. The van der Waals surface area contributed by atoms with Crippen molar-refractivity contribution in [2.45, 2.75) is 136 Å². The van der Waals surface area contributed by atoms with Gasteiger partial charge in [-0.15, -0.1) is 0 Å². The summed E-state index contributed by atoms with van der Waals surface area (Å²) >= 11 is 0. The standard InChI is InChI=1S/2C21H22F4N2O.C19H19FN2O/c2*1-19-11-27-12-26-18(13-6-8-15(22)9-7-13)16(27)10-14(19)4-3-5-17(19)20(2,28)21(23,24)25;1-19-11-22-12-21-18(13-5-7-16(20)8-6-13)17(22)9-14(19)3-2-4-15(19)10-23/h2*6-10,12,17,28H,3-5,11H2,1-2H3;5-10,12,15H,2-4,11H2,1H3/t2*17-,19-,20-;15-,19+/m001/s1. The van der Waals surface area contributed by atoms with Gasteiger partial charge in [-0.3, -0.25) is 0 Å². The average molecular weight is 1100 g/mol. The molecule has 8 atom stereocenters. The van der Waals surface area contributed by atoms with E-state index in [0.717, 1.165) is 96.6 Å². The Morgan fingerprint density at radius 2 is 0.785 bits per heavy atom. The first-order chi connectivity index (χ1) is 37.2. The number of halogens is 9. The molecule has 6 heterocycles. The SMILES string of the molecule is C[C@]12Cn3cnc(-c4ccc(F)cc4)c3C=C1CCC[C@@H]2C=O.C[C@]12Cn3cnc(-c4ccc(F)cc4)c3C=C1CCC[C@@H]2[C@](C)(O)C(F)(F)F.C[C@]12Cn3cnc(-c4ccc(F)cc4)c3C=C1CCC[C@@H]2[C@](C)(O)C(F)(F)F. The molecule has 3 fully saturated rings. The van der Waals surface area contributed by atoms with Gasteiger partial charge in [-0.25, -0.2) is 28.1 Å². The van der Waals surface area contributed by atoms with Crippen molar-refractivity contribution in [3.8, 4) is 33.8 Å². The number of alkyl halides is 6. The number of imidazole rings is 3. The third kappa shape index (κ3) is 9.81. The van der Waals surface area contributed by atoms with Crippen LogP contribution in [-0.2, 0) is 24.4 Å². The summed E-state index contributed by atoms with van der Waals surface area (Å²) in [6, 6.07) is 18.5. The average Bonchev–Trinajstić information content (AvgIpc) is 4.30. The second-order valence-electron chi connectivity index (χ2n) is 23.4. The summed E-state index contributed by atoms with van der Waals surface area (Å²) in [7, 11) is 0. The van der Waals surface area contributed by atoms with Crippen molar-refractivity contribution < 1.29 is 54.5 Å². The van der Waals surface area contributed by atoms with Gasteiger partial charge in [0.15, 0.2) is 11.2 Å². The van der Waals surface area contributed by atoms with E-state index in [2.05, 4.69) is 32.5 Å². The van der Waals surface area contributed by atoms with Gasteiger partial charge in [-0.05, 0) is 163 Å². The number of benzene rings is 3. The van der Waals surface area contributed by atoms with Crippen molar-refractivity contribution in [3.63, 3.8) is 0 Å². The Morgan fingerprint density at radius 3 is 1.09 bits per heavy atom. The summed E-state index contributed by atoms with van der Waals surface area (Å²) < 4.78 is 127. The molecule has 3 aromatic heterocycles. The van der Waals surface area contributed by atoms with Crippen LogP contribution in [-0.4, -0.2) is 68.7 Å². The molecule has 79 heavy (non-hydrogen) atoms. The fourth-order valence-electron chi connectivity index (χ4n) is 13.8. The molecular formula is C61H63F9N6O3. The van der Waals surface area contributed by atoms with E-state index in [0.29, 0.717) is 63.0 Å². The Balaban J connectivity index is 0.000000134. The highest BCUT2D eigenvalue weighted by Gasteiger charge is 2.63. The zero-order chi connectivity index (χ0) is 56.7. The lowest BCUT2D eigenvalue weighted by molar-refractivity contribution is -0.285. The lowest BCUT2D eigenvalue weighted by Gasteiger charge is -2.51. The summed E-state index contributed by atoms with van der Waals surface area (Å²) in [5, 5.41) is 20.8. The Hall–Kier alpha value is -6.53. The number of aliphatic hydroxyl groups is 2. The van der Waals surface area contributed by atoms with Crippen LogP contribution in [0, 0.1) is 51.5 Å². The lowest BCUT2D eigenvalue weighted by atomic mass is 9.58. The molecule has 0 spiro atoms. The zero-order valence-corrected chi connectivity index (χ0v) is 44.6. The van der Waals surface area contributed by atoms with E-state index < -0.39 is 46.2 Å². The van der Waals surface area contributed by atoms with E-state index in [1.807, 2.05) is 41.5 Å². The molecule has 0 saturated heterocycles. The van der Waals surface area contributed by atoms with Crippen LogP contribution in [0.1, 0.15) is 109 Å². The molecule has 3 aliphatic carbocycles. The van der Waals surface area contributed by atoms with Gasteiger partial charge in [-0.1, -0.05) is 37.5 Å². The summed E-state index contributed by atoms with van der Waals surface area (Å²) in [6.45, 7) is 9.01. The third-order valence-corrected chi connectivity index (χ3v) is 18.5. The maximum atomic E-state index is 13.6. The molecule has 0 bridgehead atoms. The zero-order valence-electron chi connectivity index (χ0n) is 44.6. The number of nitrogens with zero attached hydrogens (tertiary/aromatic N) is 6. The van der Waals surface area contributed by atoms with Crippen LogP contribution in [0.15, 0.2) is 108 Å². The molecule has 0 radical (unpaired) electrons. The Kier molecular flexibility index (Phi) is 14.3. The number of carbonyl (C=O) groups excluding carboxylic acids is 1. The first kappa shape index (κ1) is 55.8. The van der Waals surface area contributed by atoms with Gasteiger partial charge in [0, 0.05) is 70.3 Å². The van der Waals surface area contributed by atoms with E-state index in [4.69, 9.17) is 0 Å². The summed E-state index contributed by atoms with van der Waals surface area (Å²) in [5.74, 6) is -2.73. The number of aldehydes is 1. The molecule has 3 aliphatic heterocycles. The van der Waals surface area contributed by atoms with E-state index >= 15 is 0 Å². The second kappa shape index (κ2) is 20.2. The van der Waals surface area contributed by atoms with Crippen molar-refractivity contribution in [2.75, 3.05) is 0 Å². The predicted octanol–water partition coefficient (Wildman–Crippen LogP) is 14.5. The van der Waals surface area contributed by atoms with Crippen LogP contribution in [0.3, 0.4) is 0 Å². The first-order valence-corrected chi connectivity index (χ1v) is 26.8. The smallest absolute Gasteiger partial charge is 0.380 e. The second-order valence-corrected chi connectivity index (χ2v) is 23.4. The van der Waals surface area contributed by atoms with Crippen molar-refractivity contribution in [1.29, 1.82) is 0 Å². The van der Waals surface area contributed by atoms with Crippen LogP contribution in [0.2, 0.25) is 0 Å². The number of fused-ring (bicyclic) bond motifs is 6. The van der Waals surface area contributed by atoms with E-state index in [-0.39, 0.29) is 28.8 Å². The van der Waals surface area contributed by atoms with Gasteiger partial charge < -0.3 is 28.7 Å². The monoisotopic (exact) mass is 1100 g/mol. The normalized spacial score (nSPS) is 26.6. The van der Waals surface area contributed by atoms with Gasteiger partial charge in [-0.2, -0.15) is 26.3 Å². The highest BCUT2D eigenvalue weighted by atomic mass is 19.4. The highest BCUT2D eigenvalue weighted by Crippen LogP contribution is 2.58. The number of carbonyl (C=O) groups is 1. The molecule has 0 unspecified atom stereocenters. The number of rotatable bonds is 6. The third-order valence-electron chi connectivity index (χ3n) is 18.5. The van der Waals surface area contributed by atoms with Crippen molar-refractivity contribution in [2.24, 2.45) is 34.0 Å².